The highest BCUT2D eigenvalue weighted by molar-refractivity contribution is 7.84. The second-order valence-electron chi connectivity index (χ2n) is 7.05. The quantitative estimate of drug-likeness (QED) is 0.778. The Bertz CT molecular complexity index is 334. The molecule has 0 saturated carbocycles. The van der Waals surface area contributed by atoms with E-state index in [-0.39, 0.29) is 0 Å². The zero-order valence-electron chi connectivity index (χ0n) is 13.7. The SMILES string of the molecule is CC(C)C1CN2CCCCC2CN1CCC(C)S(C)=O. The van der Waals surface area contributed by atoms with E-state index in [1.54, 1.807) is 0 Å². The fourth-order valence-corrected chi connectivity index (χ4v) is 4.11. The van der Waals surface area contributed by atoms with E-state index >= 15 is 0 Å². The van der Waals surface area contributed by atoms with Crippen molar-refractivity contribution in [2.45, 2.75) is 63.8 Å². The molecule has 0 aromatic carbocycles. The van der Waals surface area contributed by atoms with Gasteiger partial charge in [-0.15, -0.1) is 0 Å². The maximum absolute atomic E-state index is 11.5. The van der Waals surface area contributed by atoms with Gasteiger partial charge in [-0.3, -0.25) is 14.0 Å². The van der Waals surface area contributed by atoms with Crippen LogP contribution in [0.15, 0.2) is 0 Å². The van der Waals surface area contributed by atoms with E-state index in [1.807, 2.05) is 6.26 Å². The Morgan fingerprint density at radius 1 is 1.20 bits per heavy atom. The summed E-state index contributed by atoms with van der Waals surface area (Å²) in [6, 6.07) is 1.46. The Kier molecular flexibility index (Phi) is 6.06. The minimum absolute atomic E-state index is 0.326. The number of hydrogen-bond acceptors (Lipinski definition) is 3. The maximum Gasteiger partial charge on any atom is 0.0329 e. The van der Waals surface area contributed by atoms with E-state index < -0.39 is 10.8 Å². The van der Waals surface area contributed by atoms with Crippen LogP contribution in [0.25, 0.3) is 0 Å². The summed E-state index contributed by atoms with van der Waals surface area (Å²) in [5.74, 6) is 0.709. The number of piperidine rings is 1. The lowest BCUT2D eigenvalue weighted by Crippen LogP contribution is -2.61. The van der Waals surface area contributed by atoms with Gasteiger partial charge < -0.3 is 0 Å². The Morgan fingerprint density at radius 2 is 1.95 bits per heavy atom. The van der Waals surface area contributed by atoms with Crippen molar-refractivity contribution in [1.29, 1.82) is 0 Å². The van der Waals surface area contributed by atoms with Crippen LogP contribution in [0.1, 0.15) is 46.5 Å². The lowest BCUT2D eigenvalue weighted by molar-refractivity contribution is -0.00773. The van der Waals surface area contributed by atoms with Crippen molar-refractivity contribution < 1.29 is 4.21 Å². The molecule has 0 N–H and O–H groups in total. The van der Waals surface area contributed by atoms with Gasteiger partial charge in [-0.2, -0.15) is 0 Å². The Hall–Kier alpha value is 0.0700. The van der Waals surface area contributed by atoms with Crippen LogP contribution in [0.3, 0.4) is 0 Å². The number of fused-ring (bicyclic) bond motifs is 1. The molecule has 0 radical (unpaired) electrons. The molecule has 3 nitrogen and oxygen atoms in total. The van der Waals surface area contributed by atoms with Crippen LogP contribution in [0, 0.1) is 5.92 Å². The predicted molar refractivity (Wildman–Crippen MR) is 87.6 cm³/mol. The zero-order valence-corrected chi connectivity index (χ0v) is 14.5. The number of hydrogen-bond donors (Lipinski definition) is 0. The van der Waals surface area contributed by atoms with Crippen LogP contribution >= 0.6 is 0 Å². The molecule has 0 bridgehead atoms. The molecule has 0 aliphatic carbocycles. The van der Waals surface area contributed by atoms with Gasteiger partial charge in [0.2, 0.25) is 0 Å². The van der Waals surface area contributed by atoms with E-state index in [9.17, 15) is 4.21 Å². The molecule has 2 heterocycles. The van der Waals surface area contributed by atoms with Gasteiger partial charge in [0.25, 0.3) is 0 Å². The number of rotatable bonds is 5. The molecule has 2 rings (SSSR count). The molecule has 2 fully saturated rings. The van der Waals surface area contributed by atoms with E-state index in [0.29, 0.717) is 17.2 Å². The maximum atomic E-state index is 11.5. The average Bonchev–Trinajstić information content (AvgIpc) is 2.43. The first-order valence-electron chi connectivity index (χ1n) is 8.29. The van der Waals surface area contributed by atoms with Crippen molar-refractivity contribution in [3.63, 3.8) is 0 Å². The molecule has 4 atom stereocenters. The van der Waals surface area contributed by atoms with Crippen molar-refractivity contribution in [3.8, 4) is 0 Å². The summed E-state index contributed by atoms with van der Waals surface area (Å²) in [6.07, 6.45) is 7.06. The van der Waals surface area contributed by atoms with Crippen LogP contribution in [0.4, 0.5) is 0 Å². The van der Waals surface area contributed by atoms with Gasteiger partial charge >= 0.3 is 0 Å². The van der Waals surface area contributed by atoms with Crippen molar-refractivity contribution >= 4 is 10.8 Å². The highest BCUT2D eigenvalue weighted by atomic mass is 32.2. The minimum Gasteiger partial charge on any atom is -0.298 e. The van der Waals surface area contributed by atoms with Gasteiger partial charge in [-0.25, -0.2) is 0 Å². The van der Waals surface area contributed by atoms with Gasteiger partial charge in [0.05, 0.1) is 0 Å². The van der Waals surface area contributed by atoms with E-state index in [1.165, 1.54) is 38.9 Å². The molecule has 118 valence electrons. The van der Waals surface area contributed by atoms with E-state index in [0.717, 1.165) is 19.0 Å². The van der Waals surface area contributed by atoms with Crippen LogP contribution in [0.2, 0.25) is 0 Å². The lowest BCUT2D eigenvalue weighted by Gasteiger charge is -2.50. The average molecular weight is 301 g/mol. The van der Waals surface area contributed by atoms with Crippen molar-refractivity contribution in [3.05, 3.63) is 0 Å². The van der Waals surface area contributed by atoms with Crippen LogP contribution in [-0.2, 0) is 10.8 Å². The molecule has 0 aromatic rings. The van der Waals surface area contributed by atoms with Gasteiger partial charge in [-0.05, 0) is 38.3 Å². The summed E-state index contributed by atoms with van der Waals surface area (Å²) in [5.41, 5.74) is 0. The summed E-state index contributed by atoms with van der Waals surface area (Å²) in [4.78, 5) is 5.42. The lowest BCUT2D eigenvalue weighted by atomic mass is 9.92. The molecule has 0 aromatic heterocycles. The third-order valence-corrected chi connectivity index (χ3v) is 6.61. The molecule has 2 aliphatic heterocycles. The highest BCUT2D eigenvalue weighted by Crippen LogP contribution is 2.27. The monoisotopic (exact) mass is 300 g/mol. The molecule has 0 spiro atoms. The molecule has 4 unspecified atom stereocenters. The summed E-state index contributed by atoms with van der Waals surface area (Å²) in [7, 11) is -0.682. The number of piperazine rings is 1. The fourth-order valence-electron chi connectivity index (χ4n) is 3.67. The molecule has 0 amide bonds. The molecule has 4 heteroatoms. The summed E-state index contributed by atoms with van der Waals surface area (Å²) in [6.45, 7) is 11.7. The number of nitrogens with zero attached hydrogens (tertiary/aromatic N) is 2. The van der Waals surface area contributed by atoms with E-state index in [2.05, 4.69) is 30.6 Å². The first-order valence-corrected chi connectivity index (χ1v) is 9.91. The smallest absolute Gasteiger partial charge is 0.0329 e. The Balaban J connectivity index is 1.95. The topological polar surface area (TPSA) is 23.6 Å². The molecule has 20 heavy (non-hydrogen) atoms. The van der Waals surface area contributed by atoms with Gasteiger partial charge in [-0.1, -0.05) is 27.2 Å². The molecule has 2 saturated heterocycles. The normalized spacial score (nSPS) is 32.0. The Morgan fingerprint density at radius 3 is 2.60 bits per heavy atom. The summed E-state index contributed by atoms with van der Waals surface area (Å²) >= 11 is 0. The van der Waals surface area contributed by atoms with Crippen molar-refractivity contribution in [2.75, 3.05) is 32.4 Å². The van der Waals surface area contributed by atoms with Crippen molar-refractivity contribution in [2.24, 2.45) is 5.92 Å². The first-order chi connectivity index (χ1) is 9.49. The third-order valence-electron chi connectivity index (χ3n) is 5.24. The van der Waals surface area contributed by atoms with Gasteiger partial charge in [0, 0.05) is 47.5 Å². The largest absolute Gasteiger partial charge is 0.298 e. The molecular formula is C16H32N2OS. The fraction of sp³-hybridized carbons (Fsp3) is 1.00. The Labute approximate surface area is 127 Å². The zero-order chi connectivity index (χ0) is 14.7. The highest BCUT2D eigenvalue weighted by Gasteiger charge is 2.36. The summed E-state index contributed by atoms with van der Waals surface area (Å²) in [5, 5.41) is 0.326. The molecular weight excluding hydrogens is 268 g/mol. The summed E-state index contributed by atoms with van der Waals surface area (Å²) < 4.78 is 11.5. The first kappa shape index (κ1) is 16.4. The third kappa shape index (κ3) is 4.05. The van der Waals surface area contributed by atoms with Crippen molar-refractivity contribution in [1.82, 2.24) is 9.80 Å². The predicted octanol–water partition coefficient (Wildman–Crippen LogP) is 2.34. The second kappa shape index (κ2) is 7.37. The molecule has 2 aliphatic rings. The van der Waals surface area contributed by atoms with Crippen LogP contribution in [0.5, 0.6) is 0 Å². The minimum atomic E-state index is -0.682. The second-order valence-corrected chi connectivity index (χ2v) is 8.85. The van der Waals surface area contributed by atoms with E-state index in [4.69, 9.17) is 0 Å². The van der Waals surface area contributed by atoms with Gasteiger partial charge in [0.1, 0.15) is 0 Å². The standard InChI is InChI=1S/C16H32N2OS/c1-13(2)16-12-17-9-6-5-7-15(17)11-18(16)10-8-14(3)20(4)19/h13-16H,5-12H2,1-4H3. The van der Waals surface area contributed by atoms with Gasteiger partial charge in [0.15, 0.2) is 0 Å². The van der Waals surface area contributed by atoms with Crippen LogP contribution < -0.4 is 0 Å². The van der Waals surface area contributed by atoms with Crippen LogP contribution in [-0.4, -0.2) is 63.8 Å².